The summed E-state index contributed by atoms with van der Waals surface area (Å²) < 4.78 is 5.66. The number of ether oxygens (including phenoxy) is 1. The Kier molecular flexibility index (Phi) is 5.10. The van der Waals surface area contributed by atoms with Crippen LogP contribution in [0.15, 0.2) is 42.7 Å². The van der Waals surface area contributed by atoms with E-state index in [1.807, 2.05) is 6.07 Å². The third-order valence-corrected chi connectivity index (χ3v) is 5.00. The van der Waals surface area contributed by atoms with Crippen molar-refractivity contribution in [3.8, 4) is 10.4 Å². The standard InChI is InChI=1S/C17H17N3OS.ClH/c1-2-5-12(6-3-1)15-9-14-16(19-11-20-17(14)22-15)18-10-13-7-4-8-21-13;/h1-3,5-6,9,11,13H,4,7-8,10H2,(H,18,19,20);1H. The molecule has 1 N–H and O–H groups in total. The number of halogens is 1. The molecule has 1 aliphatic rings. The Labute approximate surface area is 145 Å². The minimum atomic E-state index is 0. The molecular weight excluding hydrogens is 330 g/mol. The van der Waals surface area contributed by atoms with Gasteiger partial charge in [-0.2, -0.15) is 0 Å². The Morgan fingerprint density at radius 1 is 1.22 bits per heavy atom. The Bertz CT molecular complexity index is 772. The third kappa shape index (κ3) is 3.47. The number of hydrogen-bond donors (Lipinski definition) is 1. The highest BCUT2D eigenvalue weighted by molar-refractivity contribution is 7.21. The first-order valence-electron chi connectivity index (χ1n) is 7.55. The Morgan fingerprint density at radius 3 is 2.87 bits per heavy atom. The number of hydrogen-bond acceptors (Lipinski definition) is 5. The number of nitrogens with zero attached hydrogens (tertiary/aromatic N) is 2. The summed E-state index contributed by atoms with van der Waals surface area (Å²) in [5.74, 6) is 0.902. The Balaban J connectivity index is 0.00000156. The van der Waals surface area contributed by atoms with E-state index in [9.17, 15) is 0 Å². The van der Waals surface area contributed by atoms with Gasteiger partial charge < -0.3 is 10.1 Å². The number of nitrogens with one attached hydrogen (secondary N) is 1. The number of aromatic nitrogens is 2. The maximum Gasteiger partial charge on any atom is 0.138 e. The van der Waals surface area contributed by atoms with Crippen LogP contribution in [0.5, 0.6) is 0 Å². The van der Waals surface area contributed by atoms with Crippen molar-refractivity contribution in [1.29, 1.82) is 0 Å². The molecule has 0 saturated carbocycles. The van der Waals surface area contributed by atoms with E-state index in [2.05, 4.69) is 45.6 Å². The van der Waals surface area contributed by atoms with E-state index >= 15 is 0 Å². The predicted octanol–water partition coefficient (Wildman–Crippen LogP) is 4.37. The van der Waals surface area contributed by atoms with E-state index < -0.39 is 0 Å². The molecule has 1 atom stereocenters. The lowest BCUT2D eigenvalue weighted by atomic mass is 10.2. The summed E-state index contributed by atoms with van der Waals surface area (Å²) in [6, 6.07) is 12.6. The SMILES string of the molecule is Cl.c1ccc(-c2cc3c(NCC4CCCO4)ncnc3s2)cc1. The van der Waals surface area contributed by atoms with Gasteiger partial charge in [0.15, 0.2) is 0 Å². The molecule has 1 aromatic carbocycles. The fraction of sp³-hybridized carbons (Fsp3) is 0.294. The van der Waals surface area contributed by atoms with E-state index in [0.717, 1.165) is 42.0 Å². The molecule has 3 heterocycles. The molecule has 2 aromatic heterocycles. The number of benzene rings is 1. The topological polar surface area (TPSA) is 47.0 Å². The monoisotopic (exact) mass is 347 g/mol. The smallest absolute Gasteiger partial charge is 0.138 e. The Morgan fingerprint density at radius 2 is 2.09 bits per heavy atom. The predicted molar refractivity (Wildman–Crippen MR) is 97.6 cm³/mol. The second kappa shape index (κ2) is 7.25. The first-order valence-corrected chi connectivity index (χ1v) is 8.37. The van der Waals surface area contributed by atoms with Gasteiger partial charge in [-0.25, -0.2) is 9.97 Å². The van der Waals surface area contributed by atoms with Gasteiger partial charge in [-0.15, -0.1) is 23.7 Å². The molecule has 0 spiro atoms. The van der Waals surface area contributed by atoms with E-state index in [4.69, 9.17) is 4.74 Å². The van der Waals surface area contributed by atoms with Crippen molar-refractivity contribution in [2.75, 3.05) is 18.5 Å². The van der Waals surface area contributed by atoms with E-state index in [1.165, 1.54) is 10.4 Å². The molecule has 0 aliphatic carbocycles. The van der Waals surface area contributed by atoms with Gasteiger partial charge in [0.2, 0.25) is 0 Å². The first kappa shape index (κ1) is 16.2. The average molecular weight is 348 g/mol. The summed E-state index contributed by atoms with van der Waals surface area (Å²) in [7, 11) is 0. The van der Waals surface area contributed by atoms with Crippen molar-refractivity contribution in [3.05, 3.63) is 42.7 Å². The van der Waals surface area contributed by atoms with E-state index in [0.29, 0.717) is 6.10 Å². The van der Waals surface area contributed by atoms with Gasteiger partial charge >= 0.3 is 0 Å². The van der Waals surface area contributed by atoms with Crippen LogP contribution < -0.4 is 5.32 Å². The van der Waals surface area contributed by atoms with Crippen LogP contribution in [0.2, 0.25) is 0 Å². The molecule has 23 heavy (non-hydrogen) atoms. The number of fused-ring (bicyclic) bond motifs is 1. The normalized spacial score (nSPS) is 17.1. The van der Waals surface area contributed by atoms with Crippen LogP contribution in [0.1, 0.15) is 12.8 Å². The van der Waals surface area contributed by atoms with Crippen molar-refractivity contribution in [3.63, 3.8) is 0 Å². The summed E-state index contributed by atoms with van der Waals surface area (Å²) in [5.41, 5.74) is 1.22. The highest BCUT2D eigenvalue weighted by Gasteiger charge is 2.16. The highest BCUT2D eigenvalue weighted by atomic mass is 35.5. The van der Waals surface area contributed by atoms with Gasteiger partial charge in [-0.3, -0.25) is 0 Å². The maximum absolute atomic E-state index is 5.66. The van der Waals surface area contributed by atoms with Crippen molar-refractivity contribution in [1.82, 2.24) is 9.97 Å². The molecule has 1 aliphatic heterocycles. The average Bonchev–Trinajstić information content (AvgIpc) is 3.23. The van der Waals surface area contributed by atoms with Crippen LogP contribution in [-0.4, -0.2) is 29.2 Å². The molecule has 4 rings (SSSR count). The van der Waals surface area contributed by atoms with Gasteiger partial charge in [-0.05, 0) is 24.5 Å². The van der Waals surface area contributed by atoms with Gasteiger partial charge in [0.25, 0.3) is 0 Å². The lowest BCUT2D eigenvalue weighted by molar-refractivity contribution is 0.120. The lowest BCUT2D eigenvalue weighted by Crippen LogP contribution is -2.19. The fourth-order valence-electron chi connectivity index (χ4n) is 2.76. The molecule has 0 amide bonds. The fourth-order valence-corrected chi connectivity index (χ4v) is 3.76. The second-order valence-electron chi connectivity index (χ2n) is 5.43. The minimum absolute atomic E-state index is 0. The van der Waals surface area contributed by atoms with Gasteiger partial charge in [0, 0.05) is 18.0 Å². The van der Waals surface area contributed by atoms with Crippen LogP contribution in [-0.2, 0) is 4.74 Å². The lowest BCUT2D eigenvalue weighted by Gasteiger charge is -2.11. The van der Waals surface area contributed by atoms with Crippen molar-refractivity contribution in [2.45, 2.75) is 18.9 Å². The summed E-state index contributed by atoms with van der Waals surface area (Å²) >= 11 is 1.70. The molecule has 0 radical (unpaired) electrons. The second-order valence-corrected chi connectivity index (χ2v) is 6.46. The molecule has 4 nitrogen and oxygen atoms in total. The summed E-state index contributed by atoms with van der Waals surface area (Å²) in [4.78, 5) is 11.0. The van der Waals surface area contributed by atoms with Crippen LogP contribution in [0.25, 0.3) is 20.7 Å². The van der Waals surface area contributed by atoms with Crippen LogP contribution in [0.3, 0.4) is 0 Å². The largest absolute Gasteiger partial charge is 0.376 e. The highest BCUT2D eigenvalue weighted by Crippen LogP contribution is 2.34. The molecule has 1 fully saturated rings. The summed E-state index contributed by atoms with van der Waals surface area (Å²) in [6.07, 6.45) is 4.21. The zero-order valence-electron chi connectivity index (χ0n) is 12.6. The van der Waals surface area contributed by atoms with Crippen LogP contribution in [0.4, 0.5) is 5.82 Å². The molecule has 1 unspecified atom stereocenters. The zero-order chi connectivity index (χ0) is 14.8. The number of anilines is 1. The van der Waals surface area contributed by atoms with Crippen LogP contribution >= 0.6 is 23.7 Å². The first-order chi connectivity index (χ1) is 10.9. The van der Waals surface area contributed by atoms with Crippen molar-refractivity contribution >= 4 is 39.8 Å². The maximum atomic E-state index is 5.66. The minimum Gasteiger partial charge on any atom is -0.376 e. The number of rotatable bonds is 4. The quantitative estimate of drug-likeness (QED) is 0.761. The van der Waals surface area contributed by atoms with Crippen molar-refractivity contribution < 1.29 is 4.74 Å². The Hall–Kier alpha value is -1.69. The van der Waals surface area contributed by atoms with Crippen molar-refractivity contribution in [2.24, 2.45) is 0 Å². The molecule has 1 saturated heterocycles. The molecule has 6 heteroatoms. The van der Waals surface area contributed by atoms with Gasteiger partial charge in [0.05, 0.1) is 11.5 Å². The third-order valence-electron chi connectivity index (χ3n) is 3.91. The molecule has 0 bridgehead atoms. The zero-order valence-corrected chi connectivity index (χ0v) is 14.2. The van der Waals surface area contributed by atoms with Crippen LogP contribution in [0, 0.1) is 0 Å². The molecule has 120 valence electrons. The molecular formula is C17H18ClN3OS. The molecule has 3 aromatic rings. The summed E-state index contributed by atoms with van der Waals surface area (Å²) in [5, 5.41) is 4.51. The van der Waals surface area contributed by atoms with Gasteiger partial charge in [-0.1, -0.05) is 30.3 Å². The number of thiophene rings is 1. The van der Waals surface area contributed by atoms with Gasteiger partial charge in [0.1, 0.15) is 17.0 Å². The van der Waals surface area contributed by atoms with E-state index in [-0.39, 0.29) is 12.4 Å². The van der Waals surface area contributed by atoms with E-state index in [1.54, 1.807) is 17.7 Å². The summed E-state index contributed by atoms with van der Waals surface area (Å²) in [6.45, 7) is 1.69.